The van der Waals surface area contributed by atoms with Crippen LogP contribution in [0, 0.1) is 5.92 Å². The molecule has 3 rings (SSSR count). The molecule has 0 fully saturated rings. The number of aldehydes is 1. The van der Waals surface area contributed by atoms with Crippen molar-refractivity contribution in [2.24, 2.45) is 5.92 Å². The molecule has 0 saturated carbocycles. The Balaban J connectivity index is 2.04. The summed E-state index contributed by atoms with van der Waals surface area (Å²) in [7, 11) is 0. The van der Waals surface area contributed by atoms with E-state index in [0.29, 0.717) is 0 Å². The smallest absolute Gasteiger partial charge is 0.124 e. The third kappa shape index (κ3) is 4.72. The van der Waals surface area contributed by atoms with E-state index in [4.69, 9.17) is 0 Å². The molecule has 27 heavy (non-hydrogen) atoms. The van der Waals surface area contributed by atoms with Gasteiger partial charge in [-0.3, -0.25) is 4.90 Å². The maximum atomic E-state index is 11.8. The molecule has 0 radical (unpaired) electrons. The molecule has 0 aliphatic heterocycles. The van der Waals surface area contributed by atoms with Gasteiger partial charge < -0.3 is 4.79 Å². The third-order valence-corrected chi connectivity index (χ3v) is 5.20. The second-order valence-electron chi connectivity index (χ2n) is 7.10. The molecule has 0 saturated heterocycles. The first kappa shape index (κ1) is 19.1. The highest BCUT2D eigenvalue weighted by molar-refractivity contribution is 5.55. The van der Waals surface area contributed by atoms with Gasteiger partial charge in [0, 0.05) is 24.5 Å². The monoisotopic (exact) mass is 357 g/mol. The van der Waals surface area contributed by atoms with E-state index >= 15 is 0 Å². The van der Waals surface area contributed by atoms with Crippen LogP contribution in [0.4, 0.5) is 0 Å². The van der Waals surface area contributed by atoms with Crippen LogP contribution in [0.25, 0.3) is 0 Å². The zero-order valence-corrected chi connectivity index (χ0v) is 16.0. The summed E-state index contributed by atoms with van der Waals surface area (Å²) in [5.74, 6) is -0.109. The van der Waals surface area contributed by atoms with Crippen LogP contribution in [0.3, 0.4) is 0 Å². The van der Waals surface area contributed by atoms with Gasteiger partial charge in [-0.2, -0.15) is 0 Å². The van der Waals surface area contributed by atoms with Crippen molar-refractivity contribution in [2.45, 2.75) is 32.5 Å². The molecule has 0 aliphatic carbocycles. The zero-order valence-electron chi connectivity index (χ0n) is 16.0. The lowest BCUT2D eigenvalue weighted by atomic mass is 9.91. The van der Waals surface area contributed by atoms with Crippen molar-refractivity contribution in [1.82, 2.24) is 4.90 Å². The normalized spacial score (nSPS) is 14.5. The van der Waals surface area contributed by atoms with Crippen molar-refractivity contribution in [1.29, 1.82) is 0 Å². The van der Waals surface area contributed by atoms with Gasteiger partial charge in [-0.05, 0) is 23.6 Å². The lowest BCUT2D eigenvalue weighted by Crippen LogP contribution is -2.35. The molecule has 0 heterocycles. The molecular weight excluding hydrogens is 330 g/mol. The second-order valence-corrected chi connectivity index (χ2v) is 7.10. The lowest BCUT2D eigenvalue weighted by Gasteiger charge is -2.39. The maximum absolute atomic E-state index is 11.8. The van der Waals surface area contributed by atoms with Gasteiger partial charge in [0.2, 0.25) is 0 Å². The Morgan fingerprint density at radius 2 is 1.22 bits per heavy atom. The predicted octanol–water partition coefficient (Wildman–Crippen LogP) is 5.83. The van der Waals surface area contributed by atoms with Crippen LogP contribution in [0.1, 0.15) is 42.6 Å². The van der Waals surface area contributed by atoms with E-state index in [-0.39, 0.29) is 18.0 Å². The van der Waals surface area contributed by atoms with Crippen LogP contribution in [-0.2, 0) is 11.3 Å². The first-order valence-electron chi connectivity index (χ1n) is 9.55. The molecule has 2 heteroatoms. The van der Waals surface area contributed by atoms with Crippen LogP contribution in [0.2, 0.25) is 0 Å². The summed E-state index contributed by atoms with van der Waals surface area (Å²) in [4.78, 5) is 14.3. The molecule has 0 aliphatic rings. The van der Waals surface area contributed by atoms with Crippen LogP contribution < -0.4 is 0 Å². The fourth-order valence-electron chi connectivity index (χ4n) is 3.72. The molecule has 3 aromatic carbocycles. The van der Waals surface area contributed by atoms with Gasteiger partial charge in [-0.15, -0.1) is 0 Å². The Labute approximate surface area is 162 Å². The van der Waals surface area contributed by atoms with E-state index in [1.54, 1.807) is 0 Å². The van der Waals surface area contributed by atoms with E-state index in [1.165, 1.54) is 16.7 Å². The number of nitrogens with zero attached hydrogens (tertiary/aromatic N) is 1. The van der Waals surface area contributed by atoms with E-state index in [0.717, 1.165) is 12.8 Å². The molecule has 0 spiro atoms. The highest BCUT2D eigenvalue weighted by Gasteiger charge is 2.30. The van der Waals surface area contributed by atoms with Crippen molar-refractivity contribution >= 4 is 6.29 Å². The standard InChI is InChI=1S/C25H27NO/c1-20(19-27)25(24-16-10-5-11-17-24)26(18-22-12-6-3-7-13-22)21(2)23-14-8-4-9-15-23/h3-17,19-21,25H,18H2,1-2H3/t20?,21-,25+/m1/s1. The number of hydrogen-bond donors (Lipinski definition) is 0. The van der Waals surface area contributed by atoms with E-state index in [2.05, 4.69) is 72.5 Å². The highest BCUT2D eigenvalue weighted by atomic mass is 16.1. The van der Waals surface area contributed by atoms with E-state index in [1.807, 2.05) is 37.3 Å². The van der Waals surface area contributed by atoms with Crippen LogP contribution in [0.5, 0.6) is 0 Å². The van der Waals surface area contributed by atoms with E-state index < -0.39 is 0 Å². The second kappa shape index (κ2) is 9.29. The number of carbonyl (C=O) groups excluding carboxylic acids is 1. The number of hydrogen-bond acceptors (Lipinski definition) is 2. The topological polar surface area (TPSA) is 20.3 Å². The van der Waals surface area contributed by atoms with Crippen LogP contribution >= 0.6 is 0 Å². The summed E-state index contributed by atoms with van der Waals surface area (Å²) >= 11 is 0. The molecular formula is C25H27NO. The Kier molecular flexibility index (Phi) is 6.56. The lowest BCUT2D eigenvalue weighted by molar-refractivity contribution is -0.113. The fraction of sp³-hybridized carbons (Fsp3) is 0.240. The summed E-state index contributed by atoms with van der Waals surface area (Å²) in [5, 5.41) is 0. The molecule has 0 N–H and O–H groups in total. The third-order valence-electron chi connectivity index (χ3n) is 5.20. The zero-order chi connectivity index (χ0) is 19.1. The molecule has 1 unspecified atom stereocenters. The van der Waals surface area contributed by atoms with Crippen molar-refractivity contribution in [3.63, 3.8) is 0 Å². The van der Waals surface area contributed by atoms with Crippen LogP contribution in [-0.4, -0.2) is 11.2 Å². The Morgan fingerprint density at radius 1 is 0.741 bits per heavy atom. The molecule has 2 nitrogen and oxygen atoms in total. The van der Waals surface area contributed by atoms with E-state index in [9.17, 15) is 4.79 Å². The number of carbonyl (C=O) groups is 1. The van der Waals surface area contributed by atoms with Crippen LogP contribution in [0.15, 0.2) is 91.0 Å². The summed E-state index contributed by atoms with van der Waals surface area (Å²) in [6.07, 6.45) is 1.08. The van der Waals surface area contributed by atoms with Gasteiger partial charge in [0.25, 0.3) is 0 Å². The minimum Gasteiger partial charge on any atom is -0.303 e. The van der Waals surface area contributed by atoms with Crippen molar-refractivity contribution < 1.29 is 4.79 Å². The summed E-state index contributed by atoms with van der Waals surface area (Å²) in [6.45, 7) is 5.03. The van der Waals surface area contributed by atoms with Gasteiger partial charge in [0.15, 0.2) is 0 Å². The Morgan fingerprint density at radius 3 is 1.74 bits per heavy atom. The molecule has 0 aromatic heterocycles. The van der Waals surface area contributed by atoms with Gasteiger partial charge in [-0.25, -0.2) is 0 Å². The highest BCUT2D eigenvalue weighted by Crippen LogP contribution is 2.36. The van der Waals surface area contributed by atoms with Gasteiger partial charge in [-0.1, -0.05) is 97.9 Å². The van der Waals surface area contributed by atoms with Gasteiger partial charge in [0.05, 0.1) is 0 Å². The molecule has 0 amide bonds. The summed E-state index contributed by atoms with van der Waals surface area (Å²) in [6, 6.07) is 31.6. The quantitative estimate of drug-likeness (QED) is 0.473. The fourth-order valence-corrected chi connectivity index (χ4v) is 3.72. The van der Waals surface area contributed by atoms with Crippen molar-refractivity contribution in [3.8, 4) is 0 Å². The largest absolute Gasteiger partial charge is 0.303 e. The average Bonchev–Trinajstić information content (AvgIpc) is 2.74. The minimum atomic E-state index is -0.109. The van der Waals surface area contributed by atoms with Gasteiger partial charge in [0.1, 0.15) is 6.29 Å². The predicted molar refractivity (Wildman–Crippen MR) is 111 cm³/mol. The SMILES string of the molecule is CC(C=O)[C@@H](c1ccccc1)N(Cc1ccccc1)[C@H](C)c1ccccc1. The molecule has 0 bridgehead atoms. The molecule has 138 valence electrons. The minimum absolute atomic E-state index is 0.0131. The molecule has 3 aromatic rings. The number of benzene rings is 3. The Bertz CT molecular complexity index is 817. The van der Waals surface area contributed by atoms with Gasteiger partial charge >= 0.3 is 0 Å². The maximum Gasteiger partial charge on any atom is 0.124 e. The summed E-state index contributed by atoms with van der Waals surface area (Å²) in [5.41, 5.74) is 3.68. The van der Waals surface area contributed by atoms with Crippen molar-refractivity contribution in [3.05, 3.63) is 108 Å². The first-order chi connectivity index (χ1) is 13.2. The average molecular weight is 357 g/mol. The summed E-state index contributed by atoms with van der Waals surface area (Å²) < 4.78 is 0. The number of rotatable bonds is 8. The first-order valence-corrected chi connectivity index (χ1v) is 9.55. The molecule has 3 atom stereocenters. The Hall–Kier alpha value is -2.71. The van der Waals surface area contributed by atoms with Crippen molar-refractivity contribution in [2.75, 3.05) is 0 Å².